The van der Waals surface area contributed by atoms with Crippen LogP contribution in [0.2, 0.25) is 0 Å². The smallest absolute Gasteiger partial charge is 0.324 e. The van der Waals surface area contributed by atoms with Gasteiger partial charge in [-0.1, -0.05) is 19.0 Å². The Morgan fingerprint density at radius 2 is 2.09 bits per heavy atom. The zero-order chi connectivity index (χ0) is 22.1. The van der Waals surface area contributed by atoms with Crippen LogP contribution in [-0.2, 0) is 0 Å². The van der Waals surface area contributed by atoms with Crippen molar-refractivity contribution >= 4 is 6.01 Å². The minimum absolute atomic E-state index is 0.294. The number of piperidine rings is 1. The summed E-state index contributed by atoms with van der Waals surface area (Å²) in [4.78, 5) is 11.2. The minimum atomic E-state index is 0.294. The molecular weight excluding hydrogens is 408 g/mol. The van der Waals surface area contributed by atoms with Crippen molar-refractivity contribution in [1.82, 2.24) is 35.3 Å². The molecule has 3 aromatic rings. The summed E-state index contributed by atoms with van der Waals surface area (Å²) in [5, 5.41) is 15.3. The fraction of sp³-hybridized carbons (Fsp3) is 0.636. The molecule has 4 heterocycles. The average Bonchev–Trinajstić information content (AvgIpc) is 3.19. The van der Waals surface area contributed by atoms with Gasteiger partial charge < -0.3 is 14.2 Å². The Hall–Kier alpha value is -3.04. The molecule has 1 aliphatic heterocycles. The molecule has 3 aromatic heterocycles. The van der Waals surface area contributed by atoms with Crippen molar-refractivity contribution in [2.24, 2.45) is 17.8 Å². The SMILES string of the molecule is Cc1cc(-n2cnnn2)cnc1OCCC1C[C@@H]1C1CCN(c2nc(C(C)C)no2)CC1. The topological polar surface area (TPSA) is 108 Å². The van der Waals surface area contributed by atoms with Crippen molar-refractivity contribution in [1.29, 1.82) is 0 Å². The van der Waals surface area contributed by atoms with Gasteiger partial charge in [0.15, 0.2) is 5.82 Å². The van der Waals surface area contributed by atoms with Crippen LogP contribution in [0.25, 0.3) is 5.69 Å². The van der Waals surface area contributed by atoms with E-state index in [9.17, 15) is 0 Å². The van der Waals surface area contributed by atoms with Crippen LogP contribution < -0.4 is 9.64 Å². The third-order valence-corrected chi connectivity index (χ3v) is 6.70. The standard InChI is InChI=1S/C22H30N8O2/c1-14(2)20-25-22(32-26-20)29-7-4-16(5-8-29)19-11-17(19)6-9-31-21-15(3)10-18(12-23-21)30-13-24-27-28-30/h10,12-14,16-17,19H,4-9,11H2,1-3H3/t17?,19-/m1/s1. The quantitative estimate of drug-likeness (QED) is 0.524. The van der Waals surface area contributed by atoms with E-state index < -0.39 is 0 Å². The number of ether oxygens (including phenoxy) is 1. The van der Waals surface area contributed by atoms with Gasteiger partial charge in [-0.3, -0.25) is 0 Å². The lowest BCUT2D eigenvalue weighted by Gasteiger charge is -2.30. The van der Waals surface area contributed by atoms with Gasteiger partial charge in [0.1, 0.15) is 6.33 Å². The van der Waals surface area contributed by atoms with Crippen LogP contribution in [0.3, 0.4) is 0 Å². The van der Waals surface area contributed by atoms with E-state index in [4.69, 9.17) is 9.26 Å². The van der Waals surface area contributed by atoms with Crippen LogP contribution in [0.15, 0.2) is 23.1 Å². The summed E-state index contributed by atoms with van der Waals surface area (Å²) >= 11 is 0. The monoisotopic (exact) mass is 438 g/mol. The van der Waals surface area contributed by atoms with Crippen molar-refractivity contribution in [3.05, 3.63) is 30.0 Å². The van der Waals surface area contributed by atoms with Gasteiger partial charge >= 0.3 is 6.01 Å². The van der Waals surface area contributed by atoms with Gasteiger partial charge in [-0.25, -0.2) is 4.98 Å². The van der Waals surface area contributed by atoms with Crippen molar-refractivity contribution in [2.75, 3.05) is 24.6 Å². The summed E-state index contributed by atoms with van der Waals surface area (Å²) in [5.41, 5.74) is 1.81. The number of tetrazole rings is 1. The molecule has 1 saturated carbocycles. The first-order valence-electron chi connectivity index (χ1n) is 11.5. The number of hydrogen-bond donors (Lipinski definition) is 0. The molecule has 0 spiro atoms. The first-order chi connectivity index (χ1) is 15.6. The highest BCUT2D eigenvalue weighted by atomic mass is 16.5. The van der Waals surface area contributed by atoms with Gasteiger partial charge in [0.25, 0.3) is 0 Å². The fourth-order valence-electron chi connectivity index (χ4n) is 4.70. The van der Waals surface area contributed by atoms with E-state index in [0.29, 0.717) is 24.4 Å². The van der Waals surface area contributed by atoms with Crippen molar-refractivity contribution < 1.29 is 9.26 Å². The summed E-state index contributed by atoms with van der Waals surface area (Å²) in [6.45, 7) is 8.87. The summed E-state index contributed by atoms with van der Waals surface area (Å²) in [6, 6.07) is 2.67. The average molecular weight is 439 g/mol. The predicted molar refractivity (Wildman–Crippen MR) is 117 cm³/mol. The molecule has 1 unspecified atom stereocenters. The fourth-order valence-corrected chi connectivity index (χ4v) is 4.70. The number of aryl methyl sites for hydroxylation is 1. The van der Waals surface area contributed by atoms with Crippen LogP contribution >= 0.6 is 0 Å². The number of anilines is 1. The van der Waals surface area contributed by atoms with Gasteiger partial charge in [-0.15, -0.1) is 5.10 Å². The molecule has 10 nitrogen and oxygen atoms in total. The second kappa shape index (κ2) is 8.84. The number of pyridine rings is 1. The van der Waals surface area contributed by atoms with Crippen molar-refractivity contribution in [2.45, 2.75) is 52.4 Å². The van der Waals surface area contributed by atoms with Crippen LogP contribution in [-0.4, -0.2) is 55.0 Å². The number of rotatable bonds is 8. The van der Waals surface area contributed by atoms with Crippen molar-refractivity contribution in [3.63, 3.8) is 0 Å². The molecule has 0 aromatic carbocycles. The van der Waals surface area contributed by atoms with E-state index in [1.165, 1.54) is 19.3 Å². The molecular formula is C22H30N8O2. The van der Waals surface area contributed by atoms with Gasteiger partial charge in [0, 0.05) is 24.6 Å². The highest BCUT2D eigenvalue weighted by Gasteiger charge is 2.43. The van der Waals surface area contributed by atoms with Gasteiger partial charge in [-0.2, -0.15) is 9.67 Å². The summed E-state index contributed by atoms with van der Waals surface area (Å²) < 4.78 is 13.0. The van der Waals surface area contributed by atoms with E-state index in [1.54, 1.807) is 17.2 Å². The highest BCUT2D eigenvalue weighted by Crippen LogP contribution is 2.50. The lowest BCUT2D eigenvalue weighted by atomic mass is 9.90. The van der Waals surface area contributed by atoms with Crippen LogP contribution in [0, 0.1) is 24.7 Å². The first-order valence-corrected chi connectivity index (χ1v) is 11.5. The van der Waals surface area contributed by atoms with Gasteiger partial charge in [0.2, 0.25) is 5.88 Å². The second-order valence-electron chi connectivity index (χ2n) is 9.28. The molecule has 0 N–H and O–H groups in total. The third kappa shape index (κ3) is 4.44. The molecule has 0 bridgehead atoms. The predicted octanol–water partition coefficient (Wildman–Crippen LogP) is 3.19. The largest absolute Gasteiger partial charge is 0.477 e. The molecule has 1 saturated heterocycles. The minimum Gasteiger partial charge on any atom is -0.477 e. The van der Waals surface area contributed by atoms with Crippen LogP contribution in [0.4, 0.5) is 6.01 Å². The van der Waals surface area contributed by atoms with E-state index in [-0.39, 0.29) is 0 Å². The third-order valence-electron chi connectivity index (χ3n) is 6.70. The van der Waals surface area contributed by atoms with Crippen molar-refractivity contribution in [3.8, 4) is 11.6 Å². The lowest BCUT2D eigenvalue weighted by molar-refractivity contribution is 0.273. The number of nitrogens with zero attached hydrogens (tertiary/aromatic N) is 8. The zero-order valence-electron chi connectivity index (χ0n) is 18.9. The number of hydrogen-bond acceptors (Lipinski definition) is 9. The van der Waals surface area contributed by atoms with E-state index >= 15 is 0 Å². The first kappa shape index (κ1) is 20.8. The summed E-state index contributed by atoms with van der Waals surface area (Å²) in [7, 11) is 0. The van der Waals surface area contributed by atoms with Gasteiger partial charge in [0.05, 0.1) is 18.5 Å². The summed E-state index contributed by atoms with van der Waals surface area (Å²) in [5.74, 6) is 4.16. The zero-order valence-corrected chi connectivity index (χ0v) is 18.9. The maximum Gasteiger partial charge on any atom is 0.324 e. The Morgan fingerprint density at radius 3 is 2.78 bits per heavy atom. The second-order valence-corrected chi connectivity index (χ2v) is 9.28. The van der Waals surface area contributed by atoms with E-state index in [1.807, 2.05) is 13.0 Å². The van der Waals surface area contributed by atoms with Crippen LogP contribution in [0.5, 0.6) is 5.88 Å². The Balaban J connectivity index is 1.05. The molecule has 2 fully saturated rings. The maximum absolute atomic E-state index is 5.98. The molecule has 170 valence electrons. The van der Waals surface area contributed by atoms with Gasteiger partial charge in [-0.05, 0) is 66.9 Å². The maximum atomic E-state index is 5.98. The molecule has 1 aliphatic carbocycles. The van der Waals surface area contributed by atoms with E-state index in [2.05, 4.69) is 49.4 Å². The normalized spacial score (nSPS) is 21.3. The molecule has 10 heteroatoms. The Labute approximate surface area is 187 Å². The molecule has 5 rings (SSSR count). The Kier molecular flexibility index (Phi) is 5.75. The summed E-state index contributed by atoms with van der Waals surface area (Å²) in [6.07, 6.45) is 8.08. The highest BCUT2D eigenvalue weighted by molar-refractivity contribution is 5.36. The lowest BCUT2D eigenvalue weighted by Crippen LogP contribution is -2.34. The van der Waals surface area contributed by atoms with E-state index in [0.717, 1.165) is 54.3 Å². The molecule has 2 aliphatic rings. The molecule has 2 atom stereocenters. The molecule has 0 radical (unpaired) electrons. The Bertz CT molecular complexity index is 1030. The number of aromatic nitrogens is 7. The Morgan fingerprint density at radius 1 is 1.25 bits per heavy atom. The molecule has 32 heavy (non-hydrogen) atoms. The molecule has 0 amide bonds. The van der Waals surface area contributed by atoms with Crippen LogP contribution in [0.1, 0.15) is 56.8 Å².